The molecular formula is C18H20N4O2. The van der Waals surface area contributed by atoms with Crippen LogP contribution in [-0.4, -0.2) is 46.0 Å². The number of benzene rings is 1. The minimum Gasteiger partial charge on any atom is -0.473 e. The summed E-state index contributed by atoms with van der Waals surface area (Å²) in [5.74, 6) is 0.341. The lowest BCUT2D eigenvalue weighted by molar-refractivity contribution is 0.171. The van der Waals surface area contributed by atoms with Crippen molar-refractivity contribution in [2.45, 2.75) is 13.0 Å². The third-order valence-electron chi connectivity index (χ3n) is 3.60. The van der Waals surface area contributed by atoms with E-state index in [2.05, 4.69) is 9.97 Å². The Kier molecular flexibility index (Phi) is 4.57. The van der Waals surface area contributed by atoms with Crippen molar-refractivity contribution in [3.05, 3.63) is 59.3 Å². The summed E-state index contributed by atoms with van der Waals surface area (Å²) in [5.41, 5.74) is 1.55. The minimum absolute atomic E-state index is 0.103. The topological polar surface area (TPSA) is 59.7 Å². The van der Waals surface area contributed by atoms with Crippen molar-refractivity contribution in [1.82, 2.24) is 19.3 Å². The number of ether oxygens (including phenoxy) is 1. The van der Waals surface area contributed by atoms with Crippen LogP contribution in [0.2, 0.25) is 0 Å². The molecule has 0 aliphatic heterocycles. The number of likely N-dealkylation sites (N-methyl/N-ethyl adjacent to an activating group) is 1. The van der Waals surface area contributed by atoms with Crippen LogP contribution in [-0.2, 0) is 0 Å². The van der Waals surface area contributed by atoms with Crippen molar-refractivity contribution in [3.8, 4) is 17.0 Å². The molecule has 0 aliphatic rings. The summed E-state index contributed by atoms with van der Waals surface area (Å²) >= 11 is 0. The predicted molar refractivity (Wildman–Crippen MR) is 93.3 cm³/mol. The van der Waals surface area contributed by atoms with Crippen LogP contribution in [0.3, 0.4) is 0 Å². The van der Waals surface area contributed by atoms with Gasteiger partial charge in [0, 0.05) is 18.9 Å². The molecule has 0 saturated heterocycles. The van der Waals surface area contributed by atoms with E-state index >= 15 is 0 Å². The average Bonchev–Trinajstić information content (AvgIpc) is 2.55. The van der Waals surface area contributed by atoms with E-state index in [4.69, 9.17) is 4.74 Å². The molecule has 1 atom stereocenters. The van der Waals surface area contributed by atoms with E-state index in [1.54, 1.807) is 18.6 Å². The number of aromatic nitrogens is 3. The molecule has 3 rings (SSSR count). The monoisotopic (exact) mass is 324 g/mol. The number of rotatable bonds is 5. The van der Waals surface area contributed by atoms with E-state index in [-0.39, 0.29) is 11.7 Å². The second kappa shape index (κ2) is 6.80. The van der Waals surface area contributed by atoms with Gasteiger partial charge in [-0.1, -0.05) is 30.3 Å². The quantitative estimate of drug-likeness (QED) is 0.719. The Balaban J connectivity index is 2.17. The summed E-state index contributed by atoms with van der Waals surface area (Å²) in [4.78, 5) is 23.5. The van der Waals surface area contributed by atoms with Gasteiger partial charge in [-0.3, -0.25) is 14.2 Å². The molecule has 0 fully saturated rings. The molecule has 2 aromatic heterocycles. The van der Waals surface area contributed by atoms with Crippen molar-refractivity contribution < 1.29 is 4.74 Å². The van der Waals surface area contributed by atoms with Gasteiger partial charge >= 0.3 is 0 Å². The summed E-state index contributed by atoms with van der Waals surface area (Å²) in [5, 5.41) is 0. The van der Waals surface area contributed by atoms with Gasteiger partial charge in [-0.2, -0.15) is 4.98 Å². The highest BCUT2D eigenvalue weighted by molar-refractivity contribution is 5.69. The molecule has 124 valence electrons. The Morgan fingerprint density at radius 2 is 2.00 bits per heavy atom. The predicted octanol–water partition coefficient (Wildman–Crippen LogP) is 2.09. The highest BCUT2D eigenvalue weighted by atomic mass is 16.5. The molecule has 0 saturated carbocycles. The minimum atomic E-state index is -0.166. The molecule has 0 spiro atoms. The summed E-state index contributed by atoms with van der Waals surface area (Å²) in [7, 11) is 3.95. The van der Waals surface area contributed by atoms with Crippen molar-refractivity contribution in [2.24, 2.45) is 0 Å². The SMILES string of the molecule is CC(CN(C)C)Oc1nc2cnccn2c(=O)c1-c1ccccc1. The Labute approximate surface area is 140 Å². The maximum absolute atomic E-state index is 13.0. The zero-order chi connectivity index (χ0) is 17.1. The van der Waals surface area contributed by atoms with Crippen LogP contribution in [0.25, 0.3) is 16.8 Å². The highest BCUT2D eigenvalue weighted by Gasteiger charge is 2.18. The Morgan fingerprint density at radius 3 is 2.71 bits per heavy atom. The molecule has 0 N–H and O–H groups in total. The normalized spacial score (nSPS) is 12.5. The third kappa shape index (κ3) is 3.28. The lowest BCUT2D eigenvalue weighted by atomic mass is 10.1. The second-order valence-corrected chi connectivity index (χ2v) is 5.96. The first kappa shape index (κ1) is 16.1. The van der Waals surface area contributed by atoms with Gasteiger partial charge in [0.05, 0.1) is 6.20 Å². The maximum Gasteiger partial charge on any atom is 0.269 e. The zero-order valence-electron chi connectivity index (χ0n) is 14.0. The molecule has 6 nitrogen and oxygen atoms in total. The molecule has 3 aromatic rings. The lowest BCUT2D eigenvalue weighted by Crippen LogP contribution is -2.29. The van der Waals surface area contributed by atoms with Crippen LogP contribution in [0.5, 0.6) is 5.88 Å². The van der Waals surface area contributed by atoms with Crippen molar-refractivity contribution in [1.29, 1.82) is 0 Å². The van der Waals surface area contributed by atoms with Crippen LogP contribution in [0.4, 0.5) is 0 Å². The largest absolute Gasteiger partial charge is 0.473 e. The first-order chi connectivity index (χ1) is 11.6. The van der Waals surface area contributed by atoms with E-state index in [9.17, 15) is 4.79 Å². The standard InChI is InChI=1S/C18H20N4O2/c1-13(12-21(2)3)24-17-16(14-7-5-4-6-8-14)18(23)22-10-9-19-11-15(22)20-17/h4-11,13H,12H2,1-3H3. The van der Waals surface area contributed by atoms with Gasteiger partial charge in [-0.05, 0) is 26.6 Å². The molecule has 2 heterocycles. The van der Waals surface area contributed by atoms with Gasteiger partial charge in [0.2, 0.25) is 5.88 Å². The van der Waals surface area contributed by atoms with Gasteiger partial charge in [0.15, 0.2) is 5.65 Å². The number of nitrogens with zero attached hydrogens (tertiary/aromatic N) is 4. The van der Waals surface area contributed by atoms with Crippen molar-refractivity contribution >= 4 is 5.65 Å². The van der Waals surface area contributed by atoms with Crippen molar-refractivity contribution in [3.63, 3.8) is 0 Å². The van der Waals surface area contributed by atoms with Crippen molar-refractivity contribution in [2.75, 3.05) is 20.6 Å². The highest BCUT2D eigenvalue weighted by Crippen LogP contribution is 2.25. The summed E-state index contributed by atoms with van der Waals surface area (Å²) < 4.78 is 7.49. The van der Waals surface area contributed by atoms with Gasteiger partial charge in [0.25, 0.3) is 5.56 Å². The van der Waals surface area contributed by atoms with E-state index in [1.165, 1.54) is 4.40 Å². The number of hydrogen-bond donors (Lipinski definition) is 0. The van der Waals surface area contributed by atoms with Crippen LogP contribution < -0.4 is 10.3 Å². The Bertz CT molecular complexity index is 890. The first-order valence-electron chi connectivity index (χ1n) is 7.79. The van der Waals surface area contributed by atoms with E-state index in [0.29, 0.717) is 17.1 Å². The molecule has 0 bridgehead atoms. The molecular weight excluding hydrogens is 304 g/mol. The second-order valence-electron chi connectivity index (χ2n) is 5.96. The van der Waals surface area contributed by atoms with E-state index in [0.717, 1.165) is 12.1 Å². The smallest absolute Gasteiger partial charge is 0.269 e. The number of hydrogen-bond acceptors (Lipinski definition) is 5. The fourth-order valence-corrected chi connectivity index (χ4v) is 2.66. The van der Waals surface area contributed by atoms with Crippen LogP contribution in [0.15, 0.2) is 53.7 Å². The summed E-state index contributed by atoms with van der Waals surface area (Å²) in [6.07, 6.45) is 4.64. The van der Waals surface area contributed by atoms with Gasteiger partial charge < -0.3 is 9.64 Å². The fraction of sp³-hybridized carbons (Fsp3) is 0.278. The molecule has 6 heteroatoms. The van der Waals surface area contributed by atoms with Gasteiger partial charge in [-0.25, -0.2) is 0 Å². The van der Waals surface area contributed by atoms with Gasteiger partial charge in [-0.15, -0.1) is 0 Å². The Hall–Kier alpha value is -2.73. The van der Waals surface area contributed by atoms with Crippen LogP contribution in [0.1, 0.15) is 6.92 Å². The van der Waals surface area contributed by atoms with E-state index in [1.807, 2.05) is 56.3 Å². The lowest BCUT2D eigenvalue weighted by Gasteiger charge is -2.20. The molecule has 0 radical (unpaired) electrons. The fourth-order valence-electron chi connectivity index (χ4n) is 2.66. The molecule has 24 heavy (non-hydrogen) atoms. The molecule has 0 aliphatic carbocycles. The van der Waals surface area contributed by atoms with Gasteiger partial charge in [0.1, 0.15) is 11.7 Å². The van der Waals surface area contributed by atoms with Crippen LogP contribution >= 0.6 is 0 Å². The molecule has 1 unspecified atom stereocenters. The van der Waals surface area contributed by atoms with Crippen LogP contribution in [0, 0.1) is 0 Å². The van der Waals surface area contributed by atoms with E-state index < -0.39 is 0 Å². The first-order valence-corrected chi connectivity index (χ1v) is 7.79. The zero-order valence-corrected chi connectivity index (χ0v) is 14.0. The number of fused-ring (bicyclic) bond motifs is 1. The third-order valence-corrected chi connectivity index (χ3v) is 3.60. The Morgan fingerprint density at radius 1 is 1.25 bits per heavy atom. The molecule has 0 amide bonds. The molecule has 1 aromatic carbocycles. The summed E-state index contributed by atoms with van der Waals surface area (Å²) in [6.45, 7) is 2.68. The maximum atomic E-state index is 13.0. The average molecular weight is 324 g/mol. The summed E-state index contributed by atoms with van der Waals surface area (Å²) in [6, 6.07) is 9.46.